The Morgan fingerprint density at radius 2 is 1.89 bits per heavy atom. The predicted molar refractivity (Wildman–Crippen MR) is 127 cm³/mol. The van der Waals surface area contributed by atoms with E-state index in [9.17, 15) is 0 Å². The molecule has 0 heterocycles. The molecular weight excluding hydrogens is 469 g/mol. The predicted octanol–water partition coefficient (Wildman–Crippen LogP) is 3.75. The van der Waals surface area contributed by atoms with Crippen LogP contribution in [0.2, 0.25) is 0 Å². The van der Waals surface area contributed by atoms with E-state index in [1.165, 1.54) is 5.56 Å². The smallest absolute Gasteiger partial charge is 0.191 e. The summed E-state index contributed by atoms with van der Waals surface area (Å²) in [7, 11) is 3.51. The van der Waals surface area contributed by atoms with Crippen LogP contribution in [0.3, 0.4) is 0 Å². The molecule has 162 valence electrons. The first-order valence-corrected chi connectivity index (χ1v) is 9.59. The topological polar surface area (TPSA) is 64.1 Å². The van der Waals surface area contributed by atoms with E-state index in [4.69, 9.17) is 14.2 Å². The van der Waals surface area contributed by atoms with Crippen molar-refractivity contribution in [2.24, 2.45) is 10.4 Å². The van der Waals surface area contributed by atoms with Crippen LogP contribution in [-0.4, -0.2) is 52.6 Å². The largest absolute Gasteiger partial charge is 0.491 e. The van der Waals surface area contributed by atoms with Gasteiger partial charge in [0, 0.05) is 39.4 Å². The summed E-state index contributed by atoms with van der Waals surface area (Å²) in [6.45, 7) is 13.7. The molecule has 0 aromatic heterocycles. The number of guanidine groups is 1. The number of hydrogen-bond donors (Lipinski definition) is 2. The summed E-state index contributed by atoms with van der Waals surface area (Å²) in [6, 6.07) is 6.22. The van der Waals surface area contributed by atoms with Gasteiger partial charge in [-0.2, -0.15) is 0 Å². The first-order chi connectivity index (χ1) is 12.8. The Bertz CT molecular complexity index is 589. The fourth-order valence-corrected chi connectivity index (χ4v) is 2.63. The number of nitrogens with zero attached hydrogens (tertiary/aromatic N) is 1. The van der Waals surface area contributed by atoms with Crippen molar-refractivity contribution in [3.8, 4) is 5.75 Å². The molecule has 0 bridgehead atoms. The lowest BCUT2D eigenvalue weighted by atomic mass is 9.89. The minimum absolute atomic E-state index is 0. The summed E-state index contributed by atoms with van der Waals surface area (Å²) < 4.78 is 16.8. The van der Waals surface area contributed by atoms with Crippen LogP contribution in [-0.2, 0) is 16.0 Å². The number of methoxy groups -OCH3 is 1. The van der Waals surface area contributed by atoms with E-state index in [-0.39, 0.29) is 35.5 Å². The third-order valence-corrected chi connectivity index (χ3v) is 4.29. The van der Waals surface area contributed by atoms with Crippen LogP contribution in [0.5, 0.6) is 5.75 Å². The standard InChI is InChI=1S/C21H37N3O3.HI/c1-8-26-11-12-27-18-13-16(2)9-10-17(18)14-23-20(22-6)24-15-19(25-7)21(3,4)5;/h9-10,13,19H,8,11-12,14-15H2,1-7H3,(H2,22,23,24);1H. The van der Waals surface area contributed by atoms with Gasteiger partial charge in [-0.3, -0.25) is 4.99 Å². The normalized spacial score (nSPS) is 12.9. The number of nitrogens with one attached hydrogen (secondary N) is 2. The second-order valence-corrected chi connectivity index (χ2v) is 7.55. The lowest BCUT2D eigenvalue weighted by Crippen LogP contribution is -2.45. The number of hydrogen-bond acceptors (Lipinski definition) is 4. The third-order valence-electron chi connectivity index (χ3n) is 4.29. The number of benzene rings is 1. The van der Waals surface area contributed by atoms with Gasteiger partial charge in [-0.05, 0) is 30.9 Å². The number of halogens is 1. The molecule has 28 heavy (non-hydrogen) atoms. The van der Waals surface area contributed by atoms with Crippen LogP contribution in [0.4, 0.5) is 0 Å². The number of ether oxygens (including phenoxy) is 3. The maximum atomic E-state index is 5.90. The number of aliphatic imine (C=N–C) groups is 1. The molecule has 1 aromatic carbocycles. The zero-order chi connectivity index (χ0) is 20.3. The molecular formula is C21H38IN3O3. The van der Waals surface area contributed by atoms with E-state index in [1.54, 1.807) is 14.2 Å². The van der Waals surface area contributed by atoms with Crippen LogP contribution in [0, 0.1) is 12.3 Å². The molecule has 1 rings (SSSR count). The van der Waals surface area contributed by atoms with Gasteiger partial charge in [-0.1, -0.05) is 32.9 Å². The zero-order valence-corrected chi connectivity index (χ0v) is 20.8. The van der Waals surface area contributed by atoms with E-state index in [0.29, 0.717) is 32.9 Å². The van der Waals surface area contributed by atoms with Gasteiger partial charge >= 0.3 is 0 Å². The highest BCUT2D eigenvalue weighted by atomic mass is 127. The molecule has 0 spiro atoms. The maximum absolute atomic E-state index is 5.90. The monoisotopic (exact) mass is 507 g/mol. The minimum atomic E-state index is 0. The Labute approximate surface area is 187 Å². The molecule has 1 aromatic rings. The number of rotatable bonds is 10. The van der Waals surface area contributed by atoms with Gasteiger partial charge in [0.2, 0.25) is 0 Å². The third kappa shape index (κ3) is 9.93. The minimum Gasteiger partial charge on any atom is -0.491 e. The Balaban J connectivity index is 0.00000729. The summed E-state index contributed by atoms with van der Waals surface area (Å²) in [6.07, 6.45) is 0.0906. The molecule has 0 saturated heterocycles. The van der Waals surface area contributed by atoms with Gasteiger partial charge in [0.05, 0.1) is 12.7 Å². The van der Waals surface area contributed by atoms with Crippen molar-refractivity contribution in [1.29, 1.82) is 0 Å². The number of aryl methyl sites for hydroxylation is 1. The zero-order valence-electron chi connectivity index (χ0n) is 18.4. The van der Waals surface area contributed by atoms with Gasteiger partial charge in [-0.25, -0.2) is 0 Å². The van der Waals surface area contributed by atoms with E-state index < -0.39 is 0 Å². The summed E-state index contributed by atoms with van der Waals surface area (Å²) in [5, 5.41) is 6.69. The second-order valence-electron chi connectivity index (χ2n) is 7.55. The highest BCUT2D eigenvalue weighted by Crippen LogP contribution is 2.21. The molecule has 0 aliphatic carbocycles. The fourth-order valence-electron chi connectivity index (χ4n) is 2.63. The fraction of sp³-hybridized carbons (Fsp3) is 0.667. The molecule has 1 atom stereocenters. The molecule has 0 saturated carbocycles. The Morgan fingerprint density at radius 1 is 1.18 bits per heavy atom. The summed E-state index contributed by atoms with van der Waals surface area (Å²) in [5.74, 6) is 1.62. The highest BCUT2D eigenvalue weighted by molar-refractivity contribution is 14.0. The van der Waals surface area contributed by atoms with Crippen LogP contribution in [0.1, 0.15) is 38.8 Å². The van der Waals surface area contributed by atoms with Crippen molar-refractivity contribution in [2.75, 3.05) is 40.5 Å². The SMILES string of the molecule is CCOCCOc1cc(C)ccc1CNC(=NC)NCC(OC)C(C)(C)C.I. The van der Waals surface area contributed by atoms with E-state index in [2.05, 4.69) is 61.5 Å². The lowest BCUT2D eigenvalue weighted by molar-refractivity contribution is 0.0205. The molecule has 0 aliphatic heterocycles. The van der Waals surface area contributed by atoms with Crippen LogP contribution in [0.15, 0.2) is 23.2 Å². The molecule has 7 heteroatoms. The van der Waals surface area contributed by atoms with E-state index >= 15 is 0 Å². The summed E-state index contributed by atoms with van der Waals surface area (Å²) >= 11 is 0. The molecule has 0 fully saturated rings. The van der Waals surface area contributed by atoms with Gasteiger partial charge in [0.15, 0.2) is 5.96 Å². The Hall–Kier alpha value is -1.06. The van der Waals surface area contributed by atoms with E-state index in [1.807, 2.05) is 6.92 Å². The van der Waals surface area contributed by atoms with Crippen molar-refractivity contribution in [2.45, 2.75) is 47.3 Å². The average molecular weight is 507 g/mol. The Kier molecular flexibility index (Phi) is 13.5. The van der Waals surface area contributed by atoms with Crippen LogP contribution >= 0.6 is 24.0 Å². The van der Waals surface area contributed by atoms with Crippen molar-refractivity contribution in [3.63, 3.8) is 0 Å². The Morgan fingerprint density at radius 3 is 2.46 bits per heavy atom. The van der Waals surface area contributed by atoms with Gasteiger partial charge < -0.3 is 24.8 Å². The lowest BCUT2D eigenvalue weighted by Gasteiger charge is -2.30. The molecule has 0 aliphatic rings. The molecule has 0 radical (unpaired) electrons. The molecule has 6 nitrogen and oxygen atoms in total. The van der Waals surface area contributed by atoms with Crippen molar-refractivity contribution < 1.29 is 14.2 Å². The second kappa shape index (κ2) is 14.0. The van der Waals surface area contributed by atoms with Gasteiger partial charge in [0.1, 0.15) is 12.4 Å². The average Bonchev–Trinajstić information content (AvgIpc) is 2.62. The molecule has 2 N–H and O–H groups in total. The molecule has 1 unspecified atom stereocenters. The van der Waals surface area contributed by atoms with Gasteiger partial charge in [0.25, 0.3) is 0 Å². The quantitative estimate of drug-likeness (QED) is 0.219. The van der Waals surface area contributed by atoms with Gasteiger partial charge in [-0.15, -0.1) is 24.0 Å². The summed E-state index contributed by atoms with van der Waals surface area (Å²) in [5.41, 5.74) is 2.30. The first-order valence-electron chi connectivity index (χ1n) is 9.59. The molecule has 0 amide bonds. The maximum Gasteiger partial charge on any atom is 0.191 e. The van der Waals surface area contributed by atoms with Crippen LogP contribution < -0.4 is 15.4 Å². The van der Waals surface area contributed by atoms with Crippen molar-refractivity contribution in [1.82, 2.24) is 10.6 Å². The van der Waals surface area contributed by atoms with Crippen molar-refractivity contribution in [3.05, 3.63) is 29.3 Å². The first kappa shape index (κ1) is 26.9. The highest BCUT2D eigenvalue weighted by Gasteiger charge is 2.24. The van der Waals surface area contributed by atoms with E-state index in [0.717, 1.165) is 17.3 Å². The summed E-state index contributed by atoms with van der Waals surface area (Å²) in [4.78, 5) is 4.30. The van der Waals surface area contributed by atoms with Crippen LogP contribution in [0.25, 0.3) is 0 Å². The van der Waals surface area contributed by atoms with Crippen molar-refractivity contribution >= 4 is 29.9 Å².